The zero-order chi connectivity index (χ0) is 18.6. The first-order valence-corrected chi connectivity index (χ1v) is 8.51. The second kappa shape index (κ2) is 7.25. The molecule has 0 fully saturated rings. The highest BCUT2D eigenvalue weighted by molar-refractivity contribution is 5.81. The van der Waals surface area contributed by atoms with Gasteiger partial charge in [0.15, 0.2) is 0 Å². The van der Waals surface area contributed by atoms with Gasteiger partial charge in [-0.25, -0.2) is 9.36 Å². The molecular weight excluding hydrogens is 342 g/mol. The molecule has 0 aliphatic rings. The predicted octanol–water partition coefficient (Wildman–Crippen LogP) is 1.90. The van der Waals surface area contributed by atoms with Crippen LogP contribution in [0.15, 0.2) is 78.0 Å². The monoisotopic (exact) mass is 359 g/mol. The molecule has 0 unspecified atom stereocenters. The summed E-state index contributed by atoms with van der Waals surface area (Å²) >= 11 is 0. The van der Waals surface area contributed by atoms with Crippen LogP contribution in [0.1, 0.15) is 5.56 Å². The Hall–Kier alpha value is -3.74. The average Bonchev–Trinajstić information content (AvgIpc) is 3.19. The summed E-state index contributed by atoms with van der Waals surface area (Å²) in [6.45, 7) is 0.199. The summed E-state index contributed by atoms with van der Waals surface area (Å²) in [6, 6.07) is 16.9. The Bertz CT molecular complexity index is 1150. The maximum absolute atomic E-state index is 12.4. The lowest BCUT2D eigenvalue weighted by atomic mass is 10.2. The quantitative estimate of drug-likeness (QED) is 0.590. The highest BCUT2D eigenvalue weighted by Gasteiger charge is 2.09. The Morgan fingerprint density at radius 2 is 1.74 bits per heavy atom. The van der Waals surface area contributed by atoms with Crippen molar-refractivity contribution in [2.24, 2.45) is 0 Å². The number of rotatable bonds is 5. The van der Waals surface area contributed by atoms with Crippen molar-refractivity contribution in [2.75, 3.05) is 0 Å². The average molecular weight is 359 g/mol. The van der Waals surface area contributed by atoms with Crippen LogP contribution >= 0.6 is 0 Å². The van der Waals surface area contributed by atoms with Crippen molar-refractivity contribution in [3.8, 4) is 5.69 Å². The normalized spacial score (nSPS) is 10.8. The largest absolute Gasteiger partial charge is 0.350 e. The van der Waals surface area contributed by atoms with E-state index >= 15 is 0 Å². The van der Waals surface area contributed by atoms with Gasteiger partial charge >= 0.3 is 0 Å². The molecule has 2 aromatic carbocycles. The molecule has 0 radical (unpaired) electrons. The summed E-state index contributed by atoms with van der Waals surface area (Å²) in [4.78, 5) is 24.6. The van der Waals surface area contributed by atoms with Crippen LogP contribution in [0.2, 0.25) is 0 Å². The topological polar surface area (TPSA) is 81.8 Å². The first-order chi connectivity index (χ1) is 13.2. The fourth-order valence-corrected chi connectivity index (χ4v) is 2.81. The zero-order valence-corrected chi connectivity index (χ0v) is 14.4. The molecule has 2 heterocycles. The summed E-state index contributed by atoms with van der Waals surface area (Å²) in [5.74, 6) is -0.285. The minimum absolute atomic E-state index is 0.128. The second-order valence-corrected chi connectivity index (χ2v) is 6.10. The summed E-state index contributed by atoms with van der Waals surface area (Å²) in [5.41, 5.74) is 1.54. The molecule has 0 atom stereocenters. The number of aromatic nitrogens is 4. The first kappa shape index (κ1) is 16.7. The van der Waals surface area contributed by atoms with Gasteiger partial charge in [0.25, 0.3) is 5.56 Å². The van der Waals surface area contributed by atoms with Gasteiger partial charge in [0, 0.05) is 23.7 Å². The Kier molecular flexibility index (Phi) is 4.49. The maximum Gasteiger partial charge on any atom is 0.275 e. The predicted molar refractivity (Wildman–Crippen MR) is 101 cm³/mol. The molecule has 0 aliphatic heterocycles. The minimum atomic E-state index is -0.285. The number of nitrogens with one attached hydrogen (secondary N) is 1. The van der Waals surface area contributed by atoms with E-state index in [2.05, 4.69) is 15.5 Å². The molecule has 7 nitrogen and oxygen atoms in total. The van der Waals surface area contributed by atoms with Crippen molar-refractivity contribution in [3.05, 3.63) is 89.1 Å². The third-order valence-electron chi connectivity index (χ3n) is 4.20. The highest BCUT2D eigenvalue weighted by Crippen LogP contribution is 2.08. The van der Waals surface area contributed by atoms with Gasteiger partial charge in [-0.05, 0) is 18.2 Å². The third kappa shape index (κ3) is 3.62. The number of nitrogens with zero attached hydrogens (tertiary/aromatic N) is 4. The maximum atomic E-state index is 12.4. The summed E-state index contributed by atoms with van der Waals surface area (Å²) in [6.07, 6.45) is 5.15. The van der Waals surface area contributed by atoms with Crippen LogP contribution in [-0.4, -0.2) is 25.5 Å². The number of carbonyl (C=O) groups is 1. The van der Waals surface area contributed by atoms with E-state index in [0.29, 0.717) is 11.9 Å². The van der Waals surface area contributed by atoms with Crippen LogP contribution < -0.4 is 10.9 Å². The lowest BCUT2D eigenvalue weighted by Gasteiger charge is -2.06. The molecule has 2 aromatic heterocycles. The molecule has 0 bridgehead atoms. The van der Waals surface area contributed by atoms with E-state index in [1.807, 2.05) is 48.7 Å². The number of fused-ring (bicyclic) bond motifs is 1. The first-order valence-electron chi connectivity index (χ1n) is 8.51. The van der Waals surface area contributed by atoms with Gasteiger partial charge in [-0.2, -0.15) is 10.2 Å². The number of amides is 1. The number of benzene rings is 2. The number of carbonyl (C=O) groups excluding carboxylic acids is 1. The fraction of sp³-hybridized carbons (Fsp3) is 0.100. The van der Waals surface area contributed by atoms with Gasteiger partial charge in [0.1, 0.15) is 6.54 Å². The molecule has 134 valence electrons. The molecule has 27 heavy (non-hydrogen) atoms. The van der Waals surface area contributed by atoms with Gasteiger partial charge in [-0.15, -0.1) is 0 Å². The molecule has 1 amide bonds. The Labute approximate surface area is 154 Å². The number of hydrogen-bond donors (Lipinski definition) is 1. The lowest BCUT2D eigenvalue weighted by Crippen LogP contribution is -2.33. The standard InChI is InChI=1S/C20H17N5O2/c26-19(14-25-20(27)18-9-5-4-6-16(18)12-23-25)21-10-15-11-22-24(13-15)17-7-2-1-3-8-17/h1-9,11-13H,10,14H2,(H,21,26). The van der Waals surface area contributed by atoms with Gasteiger partial charge in [0.2, 0.25) is 5.91 Å². The van der Waals surface area contributed by atoms with Gasteiger partial charge < -0.3 is 5.32 Å². The van der Waals surface area contributed by atoms with Crippen LogP contribution in [0.25, 0.3) is 16.5 Å². The SMILES string of the molecule is O=C(Cn1ncc2ccccc2c1=O)NCc1cnn(-c2ccccc2)c1. The summed E-state index contributed by atoms with van der Waals surface area (Å²) in [7, 11) is 0. The van der Waals surface area contributed by atoms with Crippen LogP contribution in [0, 0.1) is 0 Å². The zero-order valence-electron chi connectivity index (χ0n) is 14.4. The Balaban J connectivity index is 1.41. The molecular formula is C20H17N5O2. The third-order valence-corrected chi connectivity index (χ3v) is 4.20. The lowest BCUT2D eigenvalue weighted by molar-refractivity contribution is -0.122. The van der Waals surface area contributed by atoms with E-state index in [0.717, 1.165) is 16.6 Å². The summed E-state index contributed by atoms with van der Waals surface area (Å²) < 4.78 is 2.92. The highest BCUT2D eigenvalue weighted by atomic mass is 16.2. The van der Waals surface area contributed by atoms with Crippen LogP contribution in [0.3, 0.4) is 0 Å². The van der Waals surface area contributed by atoms with E-state index in [1.54, 1.807) is 29.2 Å². The van der Waals surface area contributed by atoms with E-state index in [1.165, 1.54) is 4.68 Å². The van der Waals surface area contributed by atoms with E-state index < -0.39 is 0 Å². The summed E-state index contributed by atoms with van der Waals surface area (Å²) in [5, 5.41) is 12.5. The van der Waals surface area contributed by atoms with Gasteiger partial charge in [0.05, 0.1) is 23.5 Å². The molecule has 1 N–H and O–H groups in total. The van der Waals surface area contributed by atoms with E-state index in [9.17, 15) is 9.59 Å². The van der Waals surface area contributed by atoms with Crippen molar-refractivity contribution >= 4 is 16.7 Å². The molecule has 0 saturated heterocycles. The van der Waals surface area contributed by atoms with Crippen LogP contribution in [0.4, 0.5) is 0 Å². The molecule has 7 heteroatoms. The second-order valence-electron chi connectivity index (χ2n) is 6.10. The minimum Gasteiger partial charge on any atom is -0.350 e. The van der Waals surface area contributed by atoms with Crippen LogP contribution in [-0.2, 0) is 17.9 Å². The van der Waals surface area contributed by atoms with Crippen molar-refractivity contribution < 1.29 is 4.79 Å². The van der Waals surface area contributed by atoms with Crippen molar-refractivity contribution in [3.63, 3.8) is 0 Å². The van der Waals surface area contributed by atoms with E-state index in [4.69, 9.17) is 0 Å². The van der Waals surface area contributed by atoms with Crippen molar-refractivity contribution in [2.45, 2.75) is 13.1 Å². The molecule has 0 spiro atoms. The molecule has 4 rings (SSSR count). The Morgan fingerprint density at radius 3 is 2.59 bits per heavy atom. The number of para-hydroxylation sites is 1. The van der Waals surface area contributed by atoms with Crippen molar-refractivity contribution in [1.29, 1.82) is 0 Å². The van der Waals surface area contributed by atoms with Gasteiger partial charge in [-0.3, -0.25) is 9.59 Å². The van der Waals surface area contributed by atoms with Gasteiger partial charge in [-0.1, -0.05) is 36.4 Å². The molecule has 0 aliphatic carbocycles. The Morgan fingerprint density at radius 1 is 0.963 bits per heavy atom. The number of hydrogen-bond acceptors (Lipinski definition) is 4. The molecule has 0 saturated carbocycles. The fourth-order valence-electron chi connectivity index (χ4n) is 2.81. The smallest absolute Gasteiger partial charge is 0.275 e. The van der Waals surface area contributed by atoms with Crippen LogP contribution in [0.5, 0.6) is 0 Å². The van der Waals surface area contributed by atoms with Crippen molar-refractivity contribution in [1.82, 2.24) is 24.9 Å². The van der Waals surface area contributed by atoms with E-state index in [-0.39, 0.29) is 18.0 Å². The molecule has 4 aromatic rings.